The predicted octanol–water partition coefficient (Wildman–Crippen LogP) is 4.00. The lowest BCUT2D eigenvalue weighted by molar-refractivity contribution is -0.137. The molecule has 0 saturated heterocycles. The molecule has 124 valence electrons. The monoisotopic (exact) mass is 315 g/mol. The highest BCUT2D eigenvalue weighted by Gasteiger charge is 2.30. The molecule has 1 aromatic carbocycles. The number of aryl methyl sites for hydroxylation is 1. The first kappa shape index (κ1) is 18.3. The highest BCUT2D eigenvalue weighted by atomic mass is 19.4. The summed E-state index contributed by atoms with van der Waals surface area (Å²) in [6, 6.07) is 3.93. The first-order chi connectivity index (χ1) is 10.3. The summed E-state index contributed by atoms with van der Waals surface area (Å²) < 4.78 is 38.2. The molecule has 0 amide bonds. The number of hydrogen-bond donors (Lipinski definition) is 2. The Balaban J connectivity index is 2.56. The van der Waals surface area contributed by atoms with Gasteiger partial charge in [-0.3, -0.25) is 0 Å². The largest absolute Gasteiger partial charge is 0.416 e. The molecule has 1 aromatic rings. The fourth-order valence-corrected chi connectivity index (χ4v) is 2.12. The molecule has 0 saturated carbocycles. The van der Waals surface area contributed by atoms with E-state index in [4.69, 9.17) is 5.73 Å². The van der Waals surface area contributed by atoms with E-state index < -0.39 is 11.7 Å². The summed E-state index contributed by atoms with van der Waals surface area (Å²) in [6.07, 6.45) is 0.143. The lowest BCUT2D eigenvalue weighted by Gasteiger charge is -2.10. The molecule has 22 heavy (non-hydrogen) atoms. The molecule has 0 aliphatic carbocycles. The standard InChI is InChI=1S/C16H24F3N3/c1-3-4-5-6-7-21-15(20)22-11-13-8-12(2)9-14(10-13)16(17,18)19/h8-10H,3-7,11H2,1-2H3,(H3,20,21,22). The minimum Gasteiger partial charge on any atom is -0.370 e. The van der Waals surface area contributed by atoms with Crippen LogP contribution in [0, 0.1) is 6.92 Å². The Hall–Kier alpha value is -1.72. The van der Waals surface area contributed by atoms with E-state index in [-0.39, 0.29) is 12.5 Å². The number of rotatable bonds is 7. The van der Waals surface area contributed by atoms with Crippen molar-refractivity contribution in [2.75, 3.05) is 6.54 Å². The summed E-state index contributed by atoms with van der Waals surface area (Å²) in [5.41, 5.74) is 6.13. The van der Waals surface area contributed by atoms with Crippen LogP contribution in [0.25, 0.3) is 0 Å². The molecule has 0 aliphatic heterocycles. The first-order valence-electron chi connectivity index (χ1n) is 7.54. The van der Waals surface area contributed by atoms with Gasteiger partial charge in [0.1, 0.15) is 0 Å². The fraction of sp³-hybridized carbons (Fsp3) is 0.562. The van der Waals surface area contributed by atoms with Gasteiger partial charge in [-0.1, -0.05) is 37.8 Å². The number of nitrogens with two attached hydrogens (primary N) is 1. The second-order valence-corrected chi connectivity index (χ2v) is 5.39. The maximum atomic E-state index is 12.7. The van der Waals surface area contributed by atoms with Gasteiger partial charge in [0.15, 0.2) is 5.96 Å². The molecular formula is C16H24F3N3. The van der Waals surface area contributed by atoms with Crippen molar-refractivity contribution in [3.63, 3.8) is 0 Å². The molecule has 6 heteroatoms. The summed E-state index contributed by atoms with van der Waals surface area (Å²) >= 11 is 0. The number of hydrogen-bond acceptors (Lipinski definition) is 1. The van der Waals surface area contributed by atoms with Crippen LogP contribution in [0.1, 0.15) is 49.3 Å². The van der Waals surface area contributed by atoms with Gasteiger partial charge in [-0.05, 0) is 31.0 Å². The Bertz CT molecular complexity index is 496. The Labute approximate surface area is 129 Å². The fourth-order valence-electron chi connectivity index (χ4n) is 2.12. The second-order valence-electron chi connectivity index (χ2n) is 5.39. The number of halogens is 3. The van der Waals surface area contributed by atoms with Crippen molar-refractivity contribution in [2.45, 2.75) is 52.3 Å². The van der Waals surface area contributed by atoms with Gasteiger partial charge in [-0.25, -0.2) is 4.99 Å². The predicted molar refractivity (Wildman–Crippen MR) is 83.7 cm³/mol. The molecule has 0 aliphatic rings. The maximum absolute atomic E-state index is 12.7. The van der Waals surface area contributed by atoms with Crippen LogP contribution in [0.2, 0.25) is 0 Å². The quantitative estimate of drug-likeness (QED) is 0.454. The third-order valence-corrected chi connectivity index (χ3v) is 3.23. The Kier molecular flexibility index (Phi) is 7.21. The molecule has 0 atom stereocenters. The van der Waals surface area contributed by atoms with Crippen molar-refractivity contribution in [3.05, 3.63) is 34.9 Å². The van der Waals surface area contributed by atoms with Crippen LogP contribution in [0.3, 0.4) is 0 Å². The summed E-state index contributed by atoms with van der Waals surface area (Å²) in [5, 5.41) is 2.98. The lowest BCUT2D eigenvalue weighted by Crippen LogP contribution is -2.32. The van der Waals surface area contributed by atoms with E-state index in [1.54, 1.807) is 13.0 Å². The van der Waals surface area contributed by atoms with Crippen molar-refractivity contribution in [1.82, 2.24) is 5.32 Å². The molecule has 0 bridgehead atoms. The van der Waals surface area contributed by atoms with Gasteiger partial charge in [0.2, 0.25) is 0 Å². The molecule has 0 aromatic heterocycles. The number of guanidine groups is 1. The Morgan fingerprint density at radius 1 is 1.18 bits per heavy atom. The highest BCUT2D eigenvalue weighted by molar-refractivity contribution is 5.77. The second kappa shape index (κ2) is 8.66. The molecule has 0 fully saturated rings. The molecule has 1 rings (SSSR count). The van der Waals surface area contributed by atoms with Gasteiger partial charge in [-0.2, -0.15) is 13.2 Å². The third-order valence-electron chi connectivity index (χ3n) is 3.23. The Morgan fingerprint density at radius 2 is 1.91 bits per heavy atom. The van der Waals surface area contributed by atoms with Gasteiger partial charge in [0.05, 0.1) is 12.1 Å². The zero-order valence-electron chi connectivity index (χ0n) is 13.1. The van der Waals surface area contributed by atoms with Gasteiger partial charge < -0.3 is 11.1 Å². The number of nitrogens with zero attached hydrogens (tertiary/aromatic N) is 1. The topological polar surface area (TPSA) is 50.4 Å². The van der Waals surface area contributed by atoms with Crippen LogP contribution in [0.4, 0.5) is 13.2 Å². The molecule has 0 unspecified atom stereocenters. The summed E-state index contributed by atoms with van der Waals surface area (Å²) in [5.74, 6) is 0.270. The average Bonchev–Trinajstić information content (AvgIpc) is 2.43. The molecular weight excluding hydrogens is 291 g/mol. The molecule has 3 nitrogen and oxygen atoms in total. The molecule has 0 spiro atoms. The van der Waals surface area contributed by atoms with Gasteiger partial charge in [-0.15, -0.1) is 0 Å². The number of unbranched alkanes of at least 4 members (excludes halogenated alkanes) is 3. The SMILES string of the molecule is CCCCCCNC(N)=NCc1cc(C)cc(C(F)(F)F)c1. The minimum absolute atomic E-state index is 0.137. The van der Waals surface area contributed by atoms with Crippen LogP contribution in [0.5, 0.6) is 0 Å². The van der Waals surface area contributed by atoms with E-state index in [9.17, 15) is 13.2 Å². The average molecular weight is 315 g/mol. The van der Waals surface area contributed by atoms with Crippen molar-refractivity contribution in [3.8, 4) is 0 Å². The van der Waals surface area contributed by atoms with Crippen LogP contribution in [0.15, 0.2) is 23.2 Å². The van der Waals surface area contributed by atoms with Crippen molar-refractivity contribution < 1.29 is 13.2 Å². The number of alkyl halides is 3. The van der Waals surface area contributed by atoms with E-state index in [1.165, 1.54) is 12.8 Å². The zero-order valence-corrected chi connectivity index (χ0v) is 13.1. The van der Waals surface area contributed by atoms with E-state index in [1.807, 2.05) is 0 Å². The minimum atomic E-state index is -4.34. The normalized spacial score (nSPS) is 12.5. The van der Waals surface area contributed by atoms with E-state index in [0.29, 0.717) is 11.1 Å². The van der Waals surface area contributed by atoms with Gasteiger partial charge in [0.25, 0.3) is 0 Å². The number of benzene rings is 1. The lowest BCUT2D eigenvalue weighted by atomic mass is 10.1. The highest BCUT2D eigenvalue weighted by Crippen LogP contribution is 2.30. The Morgan fingerprint density at radius 3 is 2.55 bits per heavy atom. The third kappa shape index (κ3) is 6.83. The van der Waals surface area contributed by atoms with Crippen LogP contribution in [-0.2, 0) is 12.7 Å². The smallest absolute Gasteiger partial charge is 0.370 e. The summed E-state index contributed by atoms with van der Waals surface area (Å²) in [6.45, 7) is 4.65. The van der Waals surface area contributed by atoms with Crippen LogP contribution >= 0.6 is 0 Å². The van der Waals surface area contributed by atoms with Crippen molar-refractivity contribution >= 4 is 5.96 Å². The summed E-state index contributed by atoms with van der Waals surface area (Å²) in [7, 11) is 0. The van der Waals surface area contributed by atoms with E-state index in [0.717, 1.165) is 31.5 Å². The number of nitrogens with one attached hydrogen (secondary N) is 1. The maximum Gasteiger partial charge on any atom is 0.416 e. The zero-order chi connectivity index (χ0) is 16.6. The molecule has 0 radical (unpaired) electrons. The molecule has 3 N–H and O–H groups in total. The van der Waals surface area contributed by atoms with E-state index >= 15 is 0 Å². The van der Waals surface area contributed by atoms with Crippen LogP contribution in [-0.4, -0.2) is 12.5 Å². The summed E-state index contributed by atoms with van der Waals surface area (Å²) in [4.78, 5) is 4.09. The van der Waals surface area contributed by atoms with Crippen LogP contribution < -0.4 is 11.1 Å². The number of aliphatic imine (C=N–C) groups is 1. The first-order valence-corrected chi connectivity index (χ1v) is 7.54. The van der Waals surface area contributed by atoms with Crippen molar-refractivity contribution in [2.24, 2.45) is 10.7 Å². The van der Waals surface area contributed by atoms with Gasteiger partial charge in [0, 0.05) is 6.54 Å². The molecule has 0 heterocycles. The van der Waals surface area contributed by atoms with Crippen molar-refractivity contribution in [1.29, 1.82) is 0 Å². The van der Waals surface area contributed by atoms with E-state index in [2.05, 4.69) is 17.2 Å². The van der Waals surface area contributed by atoms with Gasteiger partial charge >= 0.3 is 6.18 Å².